The van der Waals surface area contributed by atoms with E-state index in [4.69, 9.17) is 21.4 Å². The average Bonchev–Trinajstić information content (AvgIpc) is 3.15. The number of rotatable bonds is 8. The van der Waals surface area contributed by atoms with Crippen LogP contribution in [0.3, 0.4) is 0 Å². The third kappa shape index (κ3) is 5.63. The maximum atomic E-state index is 11.7. The Kier molecular flexibility index (Phi) is 7.36. The second kappa shape index (κ2) is 10.4. The molecular formula is C22H32ClN7O2. The largest absolute Gasteiger partial charge is 0.449 e. The lowest BCUT2D eigenvalue weighted by Crippen LogP contribution is -2.38. The predicted molar refractivity (Wildman–Crippen MR) is 126 cm³/mol. The summed E-state index contributed by atoms with van der Waals surface area (Å²) in [4.78, 5) is 20.2. The van der Waals surface area contributed by atoms with Crippen molar-refractivity contribution in [1.82, 2.24) is 24.6 Å². The van der Waals surface area contributed by atoms with E-state index in [1.54, 1.807) is 11.1 Å². The van der Waals surface area contributed by atoms with Crippen LogP contribution in [0.15, 0.2) is 18.5 Å². The highest BCUT2D eigenvalue weighted by atomic mass is 35.5. The molecule has 4 rings (SSSR count). The lowest BCUT2D eigenvalue weighted by molar-refractivity contribution is 0.0729. The van der Waals surface area contributed by atoms with Gasteiger partial charge in [-0.3, -0.25) is 4.68 Å². The molecule has 4 heterocycles. The van der Waals surface area contributed by atoms with Gasteiger partial charge in [0.05, 0.1) is 40.9 Å². The van der Waals surface area contributed by atoms with Gasteiger partial charge in [0.2, 0.25) is 0 Å². The summed E-state index contributed by atoms with van der Waals surface area (Å²) in [6.45, 7) is 6.83. The highest BCUT2D eigenvalue weighted by Gasteiger charge is 2.21. The zero-order valence-corrected chi connectivity index (χ0v) is 19.6. The third-order valence-electron chi connectivity index (χ3n) is 6.07. The summed E-state index contributed by atoms with van der Waals surface area (Å²) in [5.41, 5.74) is 2.71. The number of halogens is 1. The van der Waals surface area contributed by atoms with E-state index < -0.39 is 0 Å². The summed E-state index contributed by atoms with van der Waals surface area (Å²) >= 11 is 6.34. The van der Waals surface area contributed by atoms with Crippen molar-refractivity contribution in [1.29, 1.82) is 0 Å². The van der Waals surface area contributed by atoms with Crippen LogP contribution in [0, 0.1) is 6.92 Å². The van der Waals surface area contributed by atoms with Crippen LogP contribution in [0.2, 0.25) is 5.02 Å². The van der Waals surface area contributed by atoms with E-state index in [1.165, 1.54) is 0 Å². The smallest absolute Gasteiger partial charge is 0.409 e. The van der Waals surface area contributed by atoms with Gasteiger partial charge in [-0.15, -0.1) is 0 Å². The number of piperidine rings is 1. The summed E-state index contributed by atoms with van der Waals surface area (Å²) in [5.74, 6) is 0.711. The molecule has 174 valence electrons. The molecule has 2 aromatic rings. The van der Waals surface area contributed by atoms with Gasteiger partial charge in [0.1, 0.15) is 5.82 Å². The van der Waals surface area contributed by atoms with Crippen molar-refractivity contribution in [2.24, 2.45) is 0 Å². The van der Waals surface area contributed by atoms with Crippen LogP contribution in [-0.2, 0) is 4.74 Å². The SMILES string of the molecule is Cc1nn(C2CCN(C)CC2)cc1Nc1cc(NCCCN2CCCOC2=O)c(Cl)cn1. The number of nitrogens with zero attached hydrogens (tertiary/aromatic N) is 5. The Balaban J connectivity index is 1.33. The summed E-state index contributed by atoms with van der Waals surface area (Å²) in [5, 5.41) is 12.0. The Labute approximate surface area is 194 Å². The second-order valence-corrected chi connectivity index (χ2v) is 8.96. The highest BCUT2D eigenvalue weighted by molar-refractivity contribution is 6.33. The van der Waals surface area contributed by atoms with Crippen LogP contribution in [0.25, 0.3) is 0 Å². The fraction of sp³-hybridized carbons (Fsp3) is 0.591. The van der Waals surface area contributed by atoms with Crippen LogP contribution < -0.4 is 10.6 Å². The normalized spacial score (nSPS) is 18.0. The first-order valence-corrected chi connectivity index (χ1v) is 11.7. The van der Waals surface area contributed by atoms with Gasteiger partial charge in [-0.2, -0.15) is 5.10 Å². The average molecular weight is 462 g/mol. The van der Waals surface area contributed by atoms with Gasteiger partial charge in [0, 0.05) is 31.9 Å². The van der Waals surface area contributed by atoms with Crippen molar-refractivity contribution in [2.45, 2.75) is 38.6 Å². The van der Waals surface area contributed by atoms with Crippen molar-refractivity contribution in [3.05, 3.63) is 29.2 Å². The fourth-order valence-electron chi connectivity index (χ4n) is 4.12. The van der Waals surface area contributed by atoms with Crippen LogP contribution >= 0.6 is 11.6 Å². The molecule has 0 spiro atoms. The van der Waals surface area contributed by atoms with E-state index in [1.807, 2.05) is 13.0 Å². The lowest BCUT2D eigenvalue weighted by Gasteiger charge is -2.28. The number of pyridine rings is 1. The number of likely N-dealkylation sites (tertiary alicyclic amines) is 1. The monoisotopic (exact) mass is 461 g/mol. The molecule has 2 aliphatic heterocycles. The molecule has 0 radical (unpaired) electrons. The van der Waals surface area contributed by atoms with Crippen LogP contribution in [0.4, 0.5) is 22.0 Å². The van der Waals surface area contributed by atoms with E-state index in [0.29, 0.717) is 36.6 Å². The molecule has 2 aromatic heterocycles. The van der Waals surface area contributed by atoms with E-state index in [-0.39, 0.29) is 6.09 Å². The minimum atomic E-state index is -0.221. The van der Waals surface area contributed by atoms with Gasteiger partial charge in [0.15, 0.2) is 0 Å². The Morgan fingerprint density at radius 3 is 2.84 bits per heavy atom. The zero-order chi connectivity index (χ0) is 22.5. The van der Waals surface area contributed by atoms with Gasteiger partial charge in [-0.25, -0.2) is 9.78 Å². The molecule has 0 atom stereocenters. The standard InChI is InChI=1S/C22H32ClN7O2/c1-16-20(15-30(27-16)17-5-10-28(2)11-6-17)26-21-13-19(18(23)14-25-21)24-7-3-8-29-9-4-12-32-22(29)31/h13-15,17H,3-12H2,1-2H3,(H2,24,25,26). The molecule has 2 saturated heterocycles. The number of ether oxygens (including phenoxy) is 1. The lowest BCUT2D eigenvalue weighted by atomic mass is 10.1. The van der Waals surface area contributed by atoms with Gasteiger partial charge in [-0.05, 0) is 52.7 Å². The summed E-state index contributed by atoms with van der Waals surface area (Å²) < 4.78 is 7.16. The Morgan fingerprint density at radius 1 is 1.25 bits per heavy atom. The third-order valence-corrected chi connectivity index (χ3v) is 6.37. The topological polar surface area (TPSA) is 87.5 Å². The Hall–Kier alpha value is -2.52. The van der Waals surface area contributed by atoms with Crippen molar-refractivity contribution < 1.29 is 9.53 Å². The first-order valence-electron chi connectivity index (χ1n) is 11.3. The van der Waals surface area contributed by atoms with Gasteiger partial charge in [0.25, 0.3) is 0 Å². The van der Waals surface area contributed by atoms with Gasteiger partial charge in [-0.1, -0.05) is 11.6 Å². The van der Waals surface area contributed by atoms with Crippen LogP contribution in [-0.4, -0.2) is 77.0 Å². The summed E-state index contributed by atoms with van der Waals surface area (Å²) in [6, 6.07) is 2.34. The molecule has 0 aliphatic carbocycles. The van der Waals surface area contributed by atoms with E-state index >= 15 is 0 Å². The second-order valence-electron chi connectivity index (χ2n) is 8.55. The first-order chi connectivity index (χ1) is 15.5. The predicted octanol–water partition coefficient (Wildman–Crippen LogP) is 3.89. The van der Waals surface area contributed by atoms with Crippen LogP contribution in [0.5, 0.6) is 0 Å². The number of hydrogen-bond donors (Lipinski definition) is 2. The summed E-state index contributed by atoms with van der Waals surface area (Å²) in [7, 11) is 2.16. The Morgan fingerprint density at radius 2 is 2.06 bits per heavy atom. The molecule has 10 heteroatoms. The molecule has 0 aromatic carbocycles. The first kappa shape index (κ1) is 22.7. The van der Waals surface area contributed by atoms with E-state index in [9.17, 15) is 4.79 Å². The zero-order valence-electron chi connectivity index (χ0n) is 18.8. The molecule has 2 fully saturated rings. The fourth-order valence-corrected chi connectivity index (χ4v) is 4.30. The van der Waals surface area contributed by atoms with Crippen molar-refractivity contribution in [2.75, 3.05) is 57.0 Å². The number of aryl methyl sites for hydroxylation is 1. The molecule has 2 aliphatic rings. The molecule has 1 amide bonds. The maximum absolute atomic E-state index is 11.7. The quantitative estimate of drug-likeness (QED) is 0.576. The minimum Gasteiger partial charge on any atom is -0.449 e. The molecule has 32 heavy (non-hydrogen) atoms. The number of cyclic esters (lactones) is 1. The van der Waals surface area contributed by atoms with Gasteiger partial charge < -0.3 is 25.2 Å². The highest BCUT2D eigenvalue weighted by Crippen LogP contribution is 2.28. The van der Waals surface area contributed by atoms with E-state index in [2.05, 4.69) is 38.4 Å². The van der Waals surface area contributed by atoms with Crippen molar-refractivity contribution in [3.8, 4) is 0 Å². The molecule has 0 saturated carbocycles. The minimum absolute atomic E-state index is 0.221. The number of carbonyl (C=O) groups excluding carboxylic acids is 1. The van der Waals surface area contributed by atoms with Crippen molar-refractivity contribution >= 4 is 34.9 Å². The van der Waals surface area contributed by atoms with Crippen molar-refractivity contribution in [3.63, 3.8) is 0 Å². The Bertz CT molecular complexity index is 927. The molecule has 9 nitrogen and oxygen atoms in total. The molecule has 0 bridgehead atoms. The number of aromatic nitrogens is 3. The number of amides is 1. The van der Waals surface area contributed by atoms with Crippen LogP contribution in [0.1, 0.15) is 37.4 Å². The number of hydrogen-bond acceptors (Lipinski definition) is 7. The number of nitrogens with one attached hydrogen (secondary N) is 2. The van der Waals surface area contributed by atoms with Gasteiger partial charge >= 0.3 is 6.09 Å². The molecular weight excluding hydrogens is 430 g/mol. The summed E-state index contributed by atoms with van der Waals surface area (Å²) in [6.07, 6.45) is 7.41. The van der Waals surface area contributed by atoms with E-state index in [0.717, 1.165) is 62.4 Å². The number of carbonyl (C=O) groups is 1. The maximum Gasteiger partial charge on any atom is 0.409 e. The molecule has 2 N–H and O–H groups in total. The number of anilines is 3. The molecule has 0 unspecified atom stereocenters.